The van der Waals surface area contributed by atoms with E-state index < -0.39 is 17.6 Å². The quantitative estimate of drug-likeness (QED) is 0.887. The van der Waals surface area contributed by atoms with Crippen LogP contribution in [-0.4, -0.2) is 30.0 Å². The highest BCUT2D eigenvalue weighted by Gasteiger charge is 2.35. The van der Waals surface area contributed by atoms with E-state index in [4.69, 9.17) is 11.6 Å². The number of alkyl halides is 3. The third kappa shape index (κ3) is 4.52. The van der Waals surface area contributed by atoms with Crippen molar-refractivity contribution < 1.29 is 18.0 Å². The van der Waals surface area contributed by atoms with Gasteiger partial charge in [0.25, 0.3) is 0 Å². The summed E-state index contributed by atoms with van der Waals surface area (Å²) >= 11 is 7.50. The molecule has 1 aromatic carbocycles. The van der Waals surface area contributed by atoms with E-state index in [2.05, 4.69) is 10.6 Å². The Bertz CT molecular complexity index is 519. The fraction of sp³-hybridized carbons (Fsp3) is 0.462. The van der Waals surface area contributed by atoms with Crippen LogP contribution >= 0.6 is 23.4 Å². The van der Waals surface area contributed by atoms with Crippen molar-refractivity contribution in [2.24, 2.45) is 0 Å². The van der Waals surface area contributed by atoms with Crippen LogP contribution in [0, 0.1) is 0 Å². The first-order chi connectivity index (χ1) is 9.88. The zero-order chi connectivity index (χ0) is 15.5. The third-order valence-electron chi connectivity index (χ3n) is 3.01. The molecule has 1 saturated heterocycles. The van der Waals surface area contributed by atoms with Gasteiger partial charge in [0.1, 0.15) is 0 Å². The molecule has 0 bridgehead atoms. The first-order valence-corrected chi connectivity index (χ1v) is 7.88. The summed E-state index contributed by atoms with van der Waals surface area (Å²) in [6.07, 6.45) is -4.44. The number of anilines is 1. The van der Waals surface area contributed by atoms with Gasteiger partial charge in [0.05, 0.1) is 16.3 Å². The third-order valence-corrected chi connectivity index (χ3v) is 4.46. The van der Waals surface area contributed by atoms with Gasteiger partial charge in [0.2, 0.25) is 5.91 Å². The van der Waals surface area contributed by atoms with E-state index in [9.17, 15) is 18.0 Å². The number of halogens is 4. The largest absolute Gasteiger partial charge is 0.418 e. The van der Waals surface area contributed by atoms with Crippen molar-refractivity contribution in [2.75, 3.05) is 23.4 Å². The molecule has 0 saturated carbocycles. The highest BCUT2D eigenvalue weighted by Crippen LogP contribution is 2.38. The van der Waals surface area contributed by atoms with E-state index in [-0.39, 0.29) is 23.2 Å². The molecule has 1 fully saturated rings. The van der Waals surface area contributed by atoms with Crippen LogP contribution < -0.4 is 10.6 Å². The Balaban J connectivity index is 2.09. The van der Waals surface area contributed by atoms with Gasteiger partial charge in [-0.25, -0.2) is 0 Å². The molecule has 1 aromatic rings. The molecule has 1 aliphatic heterocycles. The van der Waals surface area contributed by atoms with Gasteiger partial charge >= 0.3 is 6.18 Å². The molecule has 0 aromatic heterocycles. The van der Waals surface area contributed by atoms with Crippen molar-refractivity contribution in [1.82, 2.24) is 5.32 Å². The molecular weight excluding hydrogens is 325 g/mol. The van der Waals surface area contributed by atoms with E-state index in [1.807, 2.05) is 0 Å². The van der Waals surface area contributed by atoms with E-state index in [0.29, 0.717) is 0 Å². The Labute approximate surface area is 129 Å². The van der Waals surface area contributed by atoms with Crippen molar-refractivity contribution >= 4 is 35.0 Å². The second-order valence-corrected chi connectivity index (χ2v) is 6.20. The van der Waals surface area contributed by atoms with Crippen LogP contribution in [0.1, 0.15) is 12.0 Å². The molecule has 1 atom stereocenters. The van der Waals surface area contributed by atoms with Gasteiger partial charge in [-0.3, -0.25) is 4.79 Å². The van der Waals surface area contributed by atoms with Crippen molar-refractivity contribution in [3.63, 3.8) is 0 Å². The molecule has 3 nitrogen and oxygen atoms in total. The van der Waals surface area contributed by atoms with Crippen LogP contribution in [0.25, 0.3) is 0 Å². The maximum atomic E-state index is 12.9. The van der Waals surface area contributed by atoms with Crippen molar-refractivity contribution in [3.8, 4) is 0 Å². The van der Waals surface area contributed by atoms with E-state index >= 15 is 0 Å². The molecule has 0 spiro atoms. The first-order valence-electron chi connectivity index (χ1n) is 6.34. The minimum atomic E-state index is -4.56. The maximum absolute atomic E-state index is 12.9. The molecule has 1 unspecified atom stereocenters. The predicted molar refractivity (Wildman–Crippen MR) is 78.8 cm³/mol. The number of benzene rings is 1. The molecule has 1 aliphatic rings. The van der Waals surface area contributed by atoms with E-state index in [1.54, 1.807) is 11.8 Å². The Hall–Kier alpha value is -0.920. The molecule has 1 heterocycles. The minimum Gasteiger partial charge on any atom is -0.324 e. The van der Waals surface area contributed by atoms with Crippen LogP contribution in [0.5, 0.6) is 0 Å². The molecule has 1 amide bonds. The summed E-state index contributed by atoms with van der Waals surface area (Å²) in [4.78, 5) is 11.9. The molecule has 2 rings (SSSR count). The number of amides is 1. The average Bonchev–Trinajstić information content (AvgIpc) is 2.41. The lowest BCUT2D eigenvalue weighted by atomic mass is 10.1. The minimum absolute atomic E-state index is 0.0272. The summed E-state index contributed by atoms with van der Waals surface area (Å²) in [7, 11) is 0. The lowest BCUT2D eigenvalue weighted by molar-refractivity contribution is -0.137. The average molecular weight is 339 g/mol. The number of hydrogen-bond donors (Lipinski definition) is 2. The van der Waals surface area contributed by atoms with Crippen molar-refractivity contribution in [3.05, 3.63) is 28.8 Å². The van der Waals surface area contributed by atoms with Gasteiger partial charge in [0.15, 0.2) is 0 Å². The summed E-state index contributed by atoms with van der Waals surface area (Å²) in [5.41, 5.74) is -1.31. The van der Waals surface area contributed by atoms with Gasteiger partial charge in [-0.05, 0) is 12.1 Å². The van der Waals surface area contributed by atoms with Gasteiger partial charge in [-0.1, -0.05) is 17.7 Å². The second kappa shape index (κ2) is 6.89. The number of rotatable bonds is 3. The van der Waals surface area contributed by atoms with Crippen LogP contribution in [0.4, 0.5) is 18.9 Å². The topological polar surface area (TPSA) is 41.1 Å². The number of hydrogen-bond acceptors (Lipinski definition) is 3. The van der Waals surface area contributed by atoms with Gasteiger partial charge in [-0.2, -0.15) is 24.9 Å². The first kappa shape index (κ1) is 16.5. The van der Waals surface area contributed by atoms with Gasteiger partial charge in [0, 0.05) is 30.5 Å². The predicted octanol–water partition coefficient (Wildman–Crippen LogP) is 3.39. The molecule has 116 valence electrons. The summed E-state index contributed by atoms with van der Waals surface area (Å²) in [6.45, 7) is 0.794. The number of carbonyl (C=O) groups is 1. The smallest absolute Gasteiger partial charge is 0.324 e. The standard InChI is InChI=1S/C13H14ClF3N2OS/c14-10-3-1-2-9(13(15,16)17)12(10)19-11(20)6-8-7-21-5-4-18-8/h1-3,8,18H,4-7H2,(H,19,20). The fourth-order valence-electron chi connectivity index (χ4n) is 2.05. The maximum Gasteiger partial charge on any atom is 0.418 e. The number of nitrogens with one attached hydrogen (secondary N) is 2. The number of para-hydroxylation sites is 1. The lowest BCUT2D eigenvalue weighted by Gasteiger charge is -2.23. The van der Waals surface area contributed by atoms with Gasteiger partial charge < -0.3 is 10.6 Å². The summed E-state index contributed by atoms with van der Waals surface area (Å²) in [6, 6.07) is 3.40. The number of thioether (sulfide) groups is 1. The zero-order valence-corrected chi connectivity index (χ0v) is 12.5. The summed E-state index contributed by atoms with van der Waals surface area (Å²) in [5.74, 6) is 1.26. The molecule has 8 heteroatoms. The zero-order valence-electron chi connectivity index (χ0n) is 11.0. The summed E-state index contributed by atoms with van der Waals surface area (Å²) in [5, 5.41) is 5.33. The highest BCUT2D eigenvalue weighted by molar-refractivity contribution is 7.99. The highest BCUT2D eigenvalue weighted by atomic mass is 35.5. The van der Waals surface area contributed by atoms with Crippen molar-refractivity contribution in [1.29, 1.82) is 0 Å². The van der Waals surface area contributed by atoms with Gasteiger partial charge in [-0.15, -0.1) is 0 Å². The second-order valence-electron chi connectivity index (χ2n) is 4.64. The van der Waals surface area contributed by atoms with E-state index in [0.717, 1.165) is 24.1 Å². The molecule has 2 N–H and O–H groups in total. The van der Waals surface area contributed by atoms with Crippen molar-refractivity contribution in [2.45, 2.75) is 18.6 Å². The van der Waals surface area contributed by atoms with Crippen LogP contribution in [0.15, 0.2) is 18.2 Å². The molecule has 21 heavy (non-hydrogen) atoms. The number of carbonyl (C=O) groups excluding carboxylic acids is 1. The molecule has 0 aliphatic carbocycles. The Morgan fingerprint density at radius 3 is 2.86 bits per heavy atom. The SMILES string of the molecule is O=C(CC1CSCCN1)Nc1c(Cl)cccc1C(F)(F)F. The van der Waals surface area contributed by atoms with Crippen LogP contribution in [-0.2, 0) is 11.0 Å². The van der Waals surface area contributed by atoms with E-state index in [1.165, 1.54) is 12.1 Å². The lowest BCUT2D eigenvalue weighted by Crippen LogP contribution is -2.40. The molecular formula is C13H14ClF3N2OS. The Kier molecular flexibility index (Phi) is 5.40. The Morgan fingerprint density at radius 2 is 2.24 bits per heavy atom. The summed E-state index contributed by atoms with van der Waals surface area (Å²) < 4.78 is 38.7. The monoisotopic (exact) mass is 338 g/mol. The fourth-order valence-corrected chi connectivity index (χ4v) is 3.22. The van der Waals surface area contributed by atoms with Crippen LogP contribution in [0.2, 0.25) is 5.02 Å². The van der Waals surface area contributed by atoms with Crippen LogP contribution in [0.3, 0.4) is 0 Å². The normalized spacial score (nSPS) is 19.3. The Morgan fingerprint density at radius 1 is 1.48 bits per heavy atom. The molecule has 0 radical (unpaired) electrons.